The van der Waals surface area contributed by atoms with Crippen LogP contribution < -0.4 is 0 Å². The summed E-state index contributed by atoms with van der Waals surface area (Å²) in [6.45, 7) is 5.59. The number of nitrogens with zero attached hydrogens (tertiary/aromatic N) is 1. The Balaban J connectivity index is 3.39. The number of carbonyl (C=O) groups excluding carboxylic acids is 1. The number of halogens is 1. The number of benzene rings is 1. The maximum Gasteiger partial charge on any atom is 0.340 e. The van der Waals surface area contributed by atoms with Crippen molar-refractivity contribution in [3.63, 3.8) is 0 Å². The minimum Gasteiger partial charge on any atom is -0.465 e. The molecule has 0 radical (unpaired) electrons. The topological polar surface area (TPSA) is 69.4 Å². The summed E-state index contributed by atoms with van der Waals surface area (Å²) in [5.74, 6) is -1.82. The van der Waals surface area contributed by atoms with Crippen LogP contribution in [-0.2, 0) is 4.74 Å². The van der Waals surface area contributed by atoms with Gasteiger partial charge in [0.2, 0.25) is 0 Å². The number of methoxy groups -OCH3 is 1. The van der Waals surface area contributed by atoms with Gasteiger partial charge in [0.1, 0.15) is 5.82 Å². The van der Waals surface area contributed by atoms with Crippen molar-refractivity contribution in [2.24, 2.45) is 0 Å². The molecule has 7 heteroatoms. The van der Waals surface area contributed by atoms with Gasteiger partial charge in [0.15, 0.2) is 0 Å². The lowest BCUT2D eigenvalue weighted by Gasteiger charge is -2.17. The number of hydrogen-bond acceptors (Lipinski definition) is 5. The molecule has 0 unspecified atom stereocenters. The van der Waals surface area contributed by atoms with Crippen molar-refractivity contribution in [1.82, 2.24) is 0 Å². The summed E-state index contributed by atoms with van der Waals surface area (Å²) in [4.78, 5) is 21.9. The summed E-state index contributed by atoms with van der Waals surface area (Å²) in [7, 11) is 1.12. The zero-order chi connectivity index (χ0) is 14.8. The Morgan fingerprint density at radius 1 is 1.42 bits per heavy atom. The first-order chi connectivity index (χ1) is 8.65. The monoisotopic (exact) mass is 287 g/mol. The maximum atomic E-state index is 13.6. The van der Waals surface area contributed by atoms with Crippen LogP contribution >= 0.6 is 11.8 Å². The van der Waals surface area contributed by atoms with Crippen LogP contribution in [0.15, 0.2) is 17.0 Å². The molecule has 1 rings (SSSR count). The van der Waals surface area contributed by atoms with E-state index in [2.05, 4.69) is 4.74 Å². The molecule has 0 amide bonds. The summed E-state index contributed by atoms with van der Waals surface area (Å²) in [6, 6.07) is 1.91. The Labute approximate surface area is 114 Å². The molecule has 0 fully saturated rings. The number of thioether (sulfide) groups is 1. The van der Waals surface area contributed by atoms with E-state index in [0.717, 1.165) is 19.2 Å². The molecule has 0 atom stereocenters. The predicted molar refractivity (Wildman–Crippen MR) is 70.0 cm³/mol. The molecule has 0 saturated carbocycles. The number of nitro benzene ring substituents is 1. The van der Waals surface area contributed by atoms with Gasteiger partial charge in [-0.1, -0.05) is 20.8 Å². The summed E-state index contributed by atoms with van der Waals surface area (Å²) < 4.78 is 17.8. The molecule has 0 heterocycles. The summed E-state index contributed by atoms with van der Waals surface area (Å²) in [5, 5.41) is 10.9. The molecule has 1 aromatic rings. The molecule has 0 aliphatic heterocycles. The van der Waals surface area contributed by atoms with Gasteiger partial charge in [-0.25, -0.2) is 9.18 Å². The second-order valence-corrected chi connectivity index (χ2v) is 6.63. The predicted octanol–water partition coefficient (Wildman–Crippen LogP) is 3.41. The van der Waals surface area contributed by atoms with E-state index in [-0.39, 0.29) is 20.9 Å². The van der Waals surface area contributed by atoms with Crippen LogP contribution in [0, 0.1) is 15.9 Å². The van der Waals surface area contributed by atoms with Gasteiger partial charge in [0.05, 0.1) is 28.6 Å². The van der Waals surface area contributed by atoms with E-state index >= 15 is 0 Å². The molecular weight excluding hydrogens is 273 g/mol. The Kier molecular flexibility index (Phi) is 4.52. The molecule has 0 aromatic heterocycles. The summed E-state index contributed by atoms with van der Waals surface area (Å²) >= 11 is 1.19. The minimum absolute atomic E-state index is 0.235. The van der Waals surface area contributed by atoms with Crippen LogP contribution in [-0.4, -0.2) is 22.7 Å². The van der Waals surface area contributed by atoms with Crippen molar-refractivity contribution < 1.29 is 18.8 Å². The van der Waals surface area contributed by atoms with Crippen molar-refractivity contribution in [1.29, 1.82) is 0 Å². The molecule has 1 aromatic carbocycles. The third kappa shape index (κ3) is 3.92. The van der Waals surface area contributed by atoms with E-state index in [9.17, 15) is 19.3 Å². The fourth-order valence-electron chi connectivity index (χ4n) is 1.36. The number of carbonyl (C=O) groups is 1. The van der Waals surface area contributed by atoms with E-state index in [0.29, 0.717) is 0 Å². The highest BCUT2D eigenvalue weighted by Gasteiger charge is 2.25. The van der Waals surface area contributed by atoms with Crippen molar-refractivity contribution in [3.8, 4) is 0 Å². The summed E-state index contributed by atoms with van der Waals surface area (Å²) in [5.41, 5.74) is -0.662. The van der Waals surface area contributed by atoms with Crippen LogP contribution in [0.4, 0.5) is 10.1 Å². The van der Waals surface area contributed by atoms with Crippen molar-refractivity contribution >= 4 is 23.4 Å². The Morgan fingerprint density at radius 3 is 2.42 bits per heavy atom. The highest BCUT2D eigenvalue weighted by atomic mass is 32.2. The van der Waals surface area contributed by atoms with E-state index in [1.165, 1.54) is 11.8 Å². The van der Waals surface area contributed by atoms with E-state index in [1.54, 1.807) is 0 Å². The lowest BCUT2D eigenvalue weighted by molar-refractivity contribution is -0.387. The zero-order valence-electron chi connectivity index (χ0n) is 11.0. The van der Waals surface area contributed by atoms with Crippen LogP contribution in [0.2, 0.25) is 0 Å². The average molecular weight is 287 g/mol. The van der Waals surface area contributed by atoms with Gasteiger partial charge >= 0.3 is 5.97 Å². The molecule has 104 valence electrons. The van der Waals surface area contributed by atoms with Crippen LogP contribution in [0.5, 0.6) is 0 Å². The van der Waals surface area contributed by atoms with Crippen molar-refractivity contribution in [2.75, 3.05) is 7.11 Å². The fourth-order valence-corrected chi connectivity index (χ4v) is 2.44. The number of nitro groups is 1. The smallest absolute Gasteiger partial charge is 0.340 e. The molecule has 0 saturated heterocycles. The second-order valence-electron chi connectivity index (χ2n) is 4.76. The normalized spacial score (nSPS) is 11.2. The molecule has 0 spiro atoms. The first-order valence-electron chi connectivity index (χ1n) is 5.41. The molecule has 5 nitrogen and oxygen atoms in total. The fraction of sp³-hybridized carbons (Fsp3) is 0.417. The third-order valence-electron chi connectivity index (χ3n) is 2.07. The average Bonchev–Trinajstić information content (AvgIpc) is 2.27. The van der Waals surface area contributed by atoms with Gasteiger partial charge < -0.3 is 4.74 Å². The summed E-state index contributed by atoms with van der Waals surface area (Å²) in [6.07, 6.45) is 0. The second kappa shape index (κ2) is 5.56. The zero-order valence-corrected chi connectivity index (χ0v) is 11.8. The highest BCUT2D eigenvalue weighted by molar-refractivity contribution is 8.00. The number of rotatable bonds is 3. The number of ether oxygens (including phenoxy) is 1. The maximum absolute atomic E-state index is 13.6. The van der Waals surface area contributed by atoms with Gasteiger partial charge in [-0.2, -0.15) is 0 Å². The number of esters is 1. The van der Waals surface area contributed by atoms with Crippen molar-refractivity contribution in [2.45, 2.75) is 30.4 Å². The van der Waals surface area contributed by atoms with Crippen LogP contribution in [0.25, 0.3) is 0 Å². The molecule has 0 bridgehead atoms. The van der Waals surface area contributed by atoms with E-state index < -0.39 is 16.7 Å². The first-order valence-corrected chi connectivity index (χ1v) is 6.22. The van der Waals surface area contributed by atoms with Gasteiger partial charge in [0, 0.05) is 4.75 Å². The molecule has 19 heavy (non-hydrogen) atoms. The lowest BCUT2D eigenvalue weighted by Crippen LogP contribution is -2.10. The third-order valence-corrected chi connectivity index (χ3v) is 3.23. The Morgan fingerprint density at radius 2 is 2.00 bits per heavy atom. The lowest BCUT2D eigenvalue weighted by atomic mass is 10.2. The number of hydrogen-bond donors (Lipinski definition) is 0. The molecule has 0 aliphatic rings. The highest BCUT2D eigenvalue weighted by Crippen LogP contribution is 2.39. The minimum atomic E-state index is -0.961. The quantitative estimate of drug-likeness (QED) is 0.369. The van der Waals surface area contributed by atoms with Gasteiger partial charge in [-0.3, -0.25) is 10.1 Å². The Bertz CT molecular complexity index is 525. The van der Waals surface area contributed by atoms with Crippen molar-refractivity contribution in [3.05, 3.63) is 33.6 Å². The van der Waals surface area contributed by atoms with Crippen LogP contribution in [0.1, 0.15) is 31.1 Å². The standard InChI is InChI=1S/C12H14FNO4S/c1-12(2,3)19-10-5-7(11(15)18-4)8(13)6-9(10)14(16)17/h5-6H,1-4H3. The van der Waals surface area contributed by atoms with Gasteiger partial charge in [-0.15, -0.1) is 11.8 Å². The Hall–Kier alpha value is -1.63. The molecule has 0 aliphatic carbocycles. The largest absolute Gasteiger partial charge is 0.465 e. The first kappa shape index (κ1) is 15.4. The SMILES string of the molecule is COC(=O)c1cc(SC(C)(C)C)c([N+](=O)[O-])cc1F. The van der Waals surface area contributed by atoms with Crippen LogP contribution in [0.3, 0.4) is 0 Å². The molecule has 0 N–H and O–H groups in total. The van der Waals surface area contributed by atoms with E-state index in [4.69, 9.17) is 0 Å². The molecular formula is C12H14FNO4S. The van der Waals surface area contributed by atoms with E-state index in [1.807, 2.05) is 20.8 Å². The van der Waals surface area contributed by atoms with Gasteiger partial charge in [-0.05, 0) is 6.07 Å². The van der Waals surface area contributed by atoms with Gasteiger partial charge in [0.25, 0.3) is 5.69 Å².